The molecule has 0 aromatic heterocycles. The summed E-state index contributed by atoms with van der Waals surface area (Å²) in [6, 6.07) is 3.18. The van der Waals surface area contributed by atoms with Crippen molar-refractivity contribution in [3.05, 3.63) is 33.4 Å². The number of hydrogen-bond acceptors (Lipinski definition) is 4. The van der Waals surface area contributed by atoms with Crippen molar-refractivity contribution >= 4 is 11.5 Å². The topological polar surface area (TPSA) is 102 Å². The first kappa shape index (κ1) is 14.0. The summed E-state index contributed by atoms with van der Waals surface area (Å²) in [6.07, 6.45) is 1.09. The van der Waals surface area contributed by atoms with Crippen LogP contribution >= 0.6 is 0 Å². The number of rotatable bonds is 6. The van der Waals surface area contributed by atoms with Gasteiger partial charge in [-0.3, -0.25) is 15.5 Å². The second-order valence-electron chi connectivity index (χ2n) is 4.14. The zero-order chi connectivity index (χ0) is 13.7. The van der Waals surface area contributed by atoms with Crippen LogP contribution in [0.1, 0.15) is 24.0 Å². The van der Waals surface area contributed by atoms with Crippen LogP contribution in [0, 0.1) is 29.4 Å². The molecule has 1 aromatic carbocycles. The van der Waals surface area contributed by atoms with Gasteiger partial charge in [0.2, 0.25) is 0 Å². The van der Waals surface area contributed by atoms with Gasteiger partial charge in [0.15, 0.2) is 0 Å². The van der Waals surface area contributed by atoms with Crippen LogP contribution in [-0.4, -0.2) is 17.4 Å². The summed E-state index contributed by atoms with van der Waals surface area (Å²) in [5.74, 6) is 0.626. The predicted molar refractivity (Wildman–Crippen MR) is 69.2 cm³/mol. The summed E-state index contributed by atoms with van der Waals surface area (Å²) in [5.41, 5.74) is 6.76. The van der Waals surface area contributed by atoms with E-state index in [0.29, 0.717) is 30.8 Å². The second kappa shape index (κ2) is 6.00. The fourth-order valence-electron chi connectivity index (χ4n) is 1.62. The van der Waals surface area contributed by atoms with E-state index in [9.17, 15) is 10.1 Å². The summed E-state index contributed by atoms with van der Waals surface area (Å²) >= 11 is 0. The van der Waals surface area contributed by atoms with Gasteiger partial charge in [0, 0.05) is 12.0 Å². The van der Waals surface area contributed by atoms with E-state index in [2.05, 4.69) is 0 Å². The molecule has 1 aromatic rings. The molecule has 3 N–H and O–H groups in total. The molecule has 0 bridgehead atoms. The normalized spacial score (nSPS) is 10.1. The van der Waals surface area contributed by atoms with Gasteiger partial charge in [-0.25, -0.2) is 0 Å². The Labute approximate surface area is 105 Å². The molecule has 0 amide bonds. The van der Waals surface area contributed by atoms with Gasteiger partial charge >= 0.3 is 0 Å². The van der Waals surface area contributed by atoms with E-state index in [0.717, 1.165) is 5.56 Å². The zero-order valence-electron chi connectivity index (χ0n) is 10.5. The molecule has 0 heterocycles. The van der Waals surface area contributed by atoms with E-state index in [1.54, 1.807) is 13.0 Å². The number of aryl methyl sites for hydroxylation is 2. The Kier molecular flexibility index (Phi) is 4.65. The van der Waals surface area contributed by atoms with E-state index in [1.165, 1.54) is 6.07 Å². The minimum atomic E-state index is -0.419. The highest BCUT2D eigenvalue weighted by molar-refractivity contribution is 5.76. The fraction of sp³-hybridized carbons (Fsp3) is 0.417. The maximum atomic E-state index is 10.8. The number of nitro benzene ring substituents is 1. The van der Waals surface area contributed by atoms with Gasteiger partial charge in [-0.2, -0.15) is 0 Å². The van der Waals surface area contributed by atoms with Gasteiger partial charge in [0.25, 0.3) is 5.69 Å². The Bertz CT molecular complexity index is 472. The molecule has 0 saturated carbocycles. The predicted octanol–water partition coefficient (Wildman–Crippen LogP) is 2.31. The van der Waals surface area contributed by atoms with Crippen LogP contribution in [0.2, 0.25) is 0 Å². The summed E-state index contributed by atoms with van der Waals surface area (Å²) in [6.45, 7) is 3.93. The lowest BCUT2D eigenvalue weighted by Crippen LogP contribution is -2.11. The molecule has 0 aliphatic carbocycles. The third-order valence-electron chi connectivity index (χ3n) is 2.54. The standard InChI is InChI=1S/C12H17N3O3/c1-8-6-9(2)11(7-10(8)15(16)17)18-5-3-4-12(13)14/h6-7H,3-5H2,1-2H3,(H3,13,14). The number of hydrogen-bond donors (Lipinski definition) is 2. The fourth-order valence-corrected chi connectivity index (χ4v) is 1.62. The molecule has 0 unspecified atom stereocenters. The van der Waals surface area contributed by atoms with E-state index in [4.69, 9.17) is 15.9 Å². The second-order valence-corrected chi connectivity index (χ2v) is 4.14. The maximum absolute atomic E-state index is 10.8. The van der Waals surface area contributed by atoms with E-state index < -0.39 is 4.92 Å². The molecular weight excluding hydrogens is 234 g/mol. The Morgan fingerprint density at radius 3 is 2.67 bits per heavy atom. The van der Waals surface area contributed by atoms with Crippen molar-refractivity contribution in [2.75, 3.05) is 6.61 Å². The molecule has 0 saturated heterocycles. The summed E-state index contributed by atoms with van der Waals surface area (Å²) in [5, 5.41) is 17.9. The molecule has 6 nitrogen and oxygen atoms in total. The highest BCUT2D eigenvalue weighted by atomic mass is 16.6. The molecule has 0 fully saturated rings. The van der Waals surface area contributed by atoms with Gasteiger partial charge < -0.3 is 10.5 Å². The smallest absolute Gasteiger partial charge is 0.276 e. The molecular formula is C12H17N3O3. The number of amidine groups is 1. The lowest BCUT2D eigenvalue weighted by molar-refractivity contribution is -0.385. The van der Waals surface area contributed by atoms with Crippen molar-refractivity contribution in [1.29, 1.82) is 5.41 Å². The van der Waals surface area contributed by atoms with Crippen LogP contribution in [0.15, 0.2) is 12.1 Å². The minimum Gasteiger partial charge on any atom is -0.493 e. The van der Waals surface area contributed by atoms with Crippen LogP contribution < -0.4 is 10.5 Å². The number of nitrogens with one attached hydrogen (secondary N) is 1. The molecule has 6 heteroatoms. The van der Waals surface area contributed by atoms with Crippen molar-refractivity contribution in [3.63, 3.8) is 0 Å². The summed E-state index contributed by atoms with van der Waals surface area (Å²) in [7, 11) is 0. The molecule has 0 aliphatic heterocycles. The third kappa shape index (κ3) is 3.73. The highest BCUT2D eigenvalue weighted by Gasteiger charge is 2.14. The van der Waals surface area contributed by atoms with Crippen molar-refractivity contribution in [2.24, 2.45) is 5.73 Å². The number of ether oxygens (including phenoxy) is 1. The van der Waals surface area contributed by atoms with Crippen LogP contribution in [0.5, 0.6) is 5.75 Å². The van der Waals surface area contributed by atoms with Crippen LogP contribution in [0.3, 0.4) is 0 Å². The van der Waals surface area contributed by atoms with E-state index in [-0.39, 0.29) is 11.5 Å². The average Bonchev–Trinajstić information content (AvgIpc) is 2.25. The zero-order valence-corrected chi connectivity index (χ0v) is 10.5. The van der Waals surface area contributed by atoms with Crippen molar-refractivity contribution < 1.29 is 9.66 Å². The number of nitrogens with zero attached hydrogens (tertiary/aromatic N) is 1. The van der Waals surface area contributed by atoms with E-state index in [1.807, 2.05) is 6.92 Å². The number of nitrogens with two attached hydrogens (primary N) is 1. The first-order valence-corrected chi connectivity index (χ1v) is 5.63. The molecule has 0 atom stereocenters. The lowest BCUT2D eigenvalue weighted by Gasteiger charge is -2.09. The Balaban J connectivity index is 2.73. The lowest BCUT2D eigenvalue weighted by atomic mass is 10.1. The van der Waals surface area contributed by atoms with Crippen LogP contribution in [0.4, 0.5) is 5.69 Å². The van der Waals surface area contributed by atoms with Crippen LogP contribution in [-0.2, 0) is 0 Å². The first-order valence-electron chi connectivity index (χ1n) is 5.63. The minimum absolute atomic E-state index is 0.0576. The van der Waals surface area contributed by atoms with Crippen molar-refractivity contribution in [2.45, 2.75) is 26.7 Å². The van der Waals surface area contributed by atoms with E-state index >= 15 is 0 Å². The Morgan fingerprint density at radius 2 is 2.11 bits per heavy atom. The molecule has 18 heavy (non-hydrogen) atoms. The number of nitro groups is 1. The quantitative estimate of drug-likeness (QED) is 0.266. The third-order valence-corrected chi connectivity index (χ3v) is 2.54. The van der Waals surface area contributed by atoms with Gasteiger partial charge in [0.05, 0.1) is 23.4 Å². The first-order chi connectivity index (χ1) is 8.41. The van der Waals surface area contributed by atoms with Gasteiger partial charge in [-0.05, 0) is 31.9 Å². The highest BCUT2D eigenvalue weighted by Crippen LogP contribution is 2.28. The van der Waals surface area contributed by atoms with Gasteiger partial charge in [-0.15, -0.1) is 0 Å². The largest absolute Gasteiger partial charge is 0.493 e. The monoisotopic (exact) mass is 251 g/mol. The Morgan fingerprint density at radius 1 is 1.44 bits per heavy atom. The van der Waals surface area contributed by atoms with Gasteiger partial charge in [-0.1, -0.05) is 0 Å². The summed E-state index contributed by atoms with van der Waals surface area (Å²) in [4.78, 5) is 10.4. The van der Waals surface area contributed by atoms with Crippen LogP contribution in [0.25, 0.3) is 0 Å². The molecule has 0 spiro atoms. The molecule has 0 radical (unpaired) electrons. The number of benzene rings is 1. The molecule has 1 rings (SSSR count). The summed E-state index contributed by atoms with van der Waals surface area (Å²) < 4.78 is 5.48. The van der Waals surface area contributed by atoms with Gasteiger partial charge in [0.1, 0.15) is 5.75 Å². The SMILES string of the molecule is Cc1cc(C)c([N+](=O)[O-])cc1OCCCC(=N)N. The van der Waals surface area contributed by atoms with Crippen molar-refractivity contribution in [1.82, 2.24) is 0 Å². The van der Waals surface area contributed by atoms with Crippen molar-refractivity contribution in [3.8, 4) is 5.75 Å². The molecule has 98 valence electrons. The average molecular weight is 251 g/mol. The maximum Gasteiger partial charge on any atom is 0.276 e. The Hall–Kier alpha value is -2.11. The molecule has 0 aliphatic rings.